The Hall–Kier alpha value is -0.0800. The lowest BCUT2D eigenvalue weighted by atomic mass is 9.96. The third-order valence-corrected chi connectivity index (χ3v) is 2.65. The Bertz CT molecular complexity index is 127. The maximum absolute atomic E-state index is 9.10. The van der Waals surface area contributed by atoms with Gasteiger partial charge in [0, 0.05) is 6.42 Å². The van der Waals surface area contributed by atoms with E-state index in [2.05, 4.69) is 13.8 Å². The van der Waals surface area contributed by atoms with Crippen molar-refractivity contribution in [3.63, 3.8) is 0 Å². The van der Waals surface area contributed by atoms with Gasteiger partial charge in [-0.3, -0.25) is 0 Å². The van der Waals surface area contributed by atoms with E-state index in [4.69, 9.17) is 10.2 Å². The molecule has 0 fully saturated rings. The van der Waals surface area contributed by atoms with E-state index in [0.29, 0.717) is 6.42 Å². The molecule has 2 heteroatoms. The second-order valence-electron chi connectivity index (χ2n) is 4.71. The maximum Gasteiger partial charge on any atom is 0.159 e. The average molecular weight is 202 g/mol. The predicted octanol–water partition coefficient (Wildman–Crippen LogP) is 3.07. The Morgan fingerprint density at radius 1 is 1.07 bits per heavy atom. The smallest absolute Gasteiger partial charge is 0.159 e. The lowest BCUT2D eigenvalue weighted by Crippen LogP contribution is -2.22. The highest BCUT2D eigenvalue weighted by Crippen LogP contribution is 2.18. The topological polar surface area (TPSA) is 40.5 Å². The number of rotatable bonds is 8. The van der Waals surface area contributed by atoms with Crippen molar-refractivity contribution in [1.29, 1.82) is 0 Å². The Labute approximate surface area is 88.3 Å². The van der Waals surface area contributed by atoms with E-state index >= 15 is 0 Å². The van der Waals surface area contributed by atoms with Crippen LogP contribution in [0.25, 0.3) is 0 Å². The molecular formula is C12H26O2. The van der Waals surface area contributed by atoms with Gasteiger partial charge in [-0.15, -0.1) is 0 Å². The van der Waals surface area contributed by atoms with Gasteiger partial charge in [-0.05, 0) is 19.3 Å². The van der Waals surface area contributed by atoms with Gasteiger partial charge >= 0.3 is 0 Å². The molecule has 0 heterocycles. The van der Waals surface area contributed by atoms with Gasteiger partial charge in [-0.1, -0.05) is 46.0 Å². The van der Waals surface area contributed by atoms with E-state index in [0.717, 1.165) is 18.8 Å². The molecule has 0 spiro atoms. The zero-order chi connectivity index (χ0) is 11.0. The van der Waals surface area contributed by atoms with Crippen molar-refractivity contribution in [1.82, 2.24) is 0 Å². The van der Waals surface area contributed by atoms with Crippen molar-refractivity contribution < 1.29 is 10.2 Å². The summed E-state index contributed by atoms with van der Waals surface area (Å²) in [5, 5.41) is 18.2. The number of aliphatic hydroxyl groups is 2. The highest BCUT2D eigenvalue weighted by molar-refractivity contribution is 4.60. The largest absolute Gasteiger partial charge is 0.366 e. The quantitative estimate of drug-likeness (QED) is 0.469. The van der Waals surface area contributed by atoms with E-state index in [9.17, 15) is 0 Å². The fourth-order valence-electron chi connectivity index (χ4n) is 1.67. The van der Waals surface area contributed by atoms with Crippen molar-refractivity contribution >= 4 is 0 Å². The van der Waals surface area contributed by atoms with Crippen LogP contribution in [0.2, 0.25) is 0 Å². The van der Waals surface area contributed by atoms with Crippen molar-refractivity contribution in [3.05, 3.63) is 0 Å². The summed E-state index contributed by atoms with van der Waals surface area (Å²) in [5.74, 6) is -0.743. The first-order chi connectivity index (χ1) is 6.45. The van der Waals surface area contributed by atoms with Crippen molar-refractivity contribution in [3.8, 4) is 0 Å². The lowest BCUT2D eigenvalue weighted by molar-refractivity contribution is -0.150. The lowest BCUT2D eigenvalue weighted by Gasteiger charge is -2.17. The van der Waals surface area contributed by atoms with Crippen LogP contribution >= 0.6 is 0 Å². The molecule has 0 saturated heterocycles. The number of unbranched alkanes of at least 4 members (excludes halogenated alkanes) is 2. The van der Waals surface area contributed by atoms with Gasteiger partial charge in [-0.2, -0.15) is 0 Å². The third-order valence-electron chi connectivity index (χ3n) is 2.65. The van der Waals surface area contributed by atoms with Gasteiger partial charge in [0.25, 0.3) is 0 Å². The Morgan fingerprint density at radius 2 is 1.64 bits per heavy atom. The maximum atomic E-state index is 9.10. The molecule has 14 heavy (non-hydrogen) atoms. The molecule has 2 N–H and O–H groups in total. The second kappa shape index (κ2) is 7.24. The molecule has 2 nitrogen and oxygen atoms in total. The molecule has 0 aliphatic heterocycles. The molecule has 0 aromatic rings. The summed E-state index contributed by atoms with van der Waals surface area (Å²) >= 11 is 0. The van der Waals surface area contributed by atoms with Crippen LogP contribution in [-0.4, -0.2) is 16.0 Å². The minimum Gasteiger partial charge on any atom is -0.366 e. The summed E-state index contributed by atoms with van der Waals surface area (Å²) < 4.78 is 0. The molecule has 1 atom stereocenters. The molecule has 0 bridgehead atoms. The summed E-state index contributed by atoms with van der Waals surface area (Å²) in [6.45, 7) is 5.92. The van der Waals surface area contributed by atoms with Crippen LogP contribution in [0.5, 0.6) is 0 Å². The van der Waals surface area contributed by atoms with Gasteiger partial charge in [0.2, 0.25) is 0 Å². The fraction of sp³-hybridized carbons (Fsp3) is 1.00. The molecule has 0 aliphatic rings. The van der Waals surface area contributed by atoms with Crippen LogP contribution in [0.1, 0.15) is 65.7 Å². The number of hydrogen-bond acceptors (Lipinski definition) is 2. The van der Waals surface area contributed by atoms with Crippen molar-refractivity contribution in [2.45, 2.75) is 71.5 Å². The first-order valence-electron chi connectivity index (χ1n) is 5.90. The predicted molar refractivity (Wildman–Crippen MR) is 60.0 cm³/mol. The summed E-state index contributed by atoms with van der Waals surface area (Å²) in [6.07, 6.45) is 7.71. The average Bonchev–Trinajstić information content (AvgIpc) is 2.02. The molecule has 0 radical (unpaired) electrons. The van der Waals surface area contributed by atoms with Gasteiger partial charge in [0.1, 0.15) is 0 Å². The normalized spacial score (nSPS) is 14.4. The molecule has 0 aromatic heterocycles. The van der Waals surface area contributed by atoms with Crippen LogP contribution in [0.4, 0.5) is 0 Å². The van der Waals surface area contributed by atoms with Crippen LogP contribution in [-0.2, 0) is 0 Å². The zero-order valence-electron chi connectivity index (χ0n) is 9.92. The summed E-state index contributed by atoms with van der Waals surface area (Å²) in [5.41, 5.74) is 0. The van der Waals surface area contributed by atoms with Crippen LogP contribution in [0.3, 0.4) is 0 Å². The van der Waals surface area contributed by atoms with E-state index in [1.807, 2.05) is 0 Å². The molecule has 0 saturated carbocycles. The molecule has 0 amide bonds. The van der Waals surface area contributed by atoms with Crippen molar-refractivity contribution in [2.24, 2.45) is 5.92 Å². The van der Waals surface area contributed by atoms with Gasteiger partial charge in [0.05, 0.1) is 0 Å². The van der Waals surface area contributed by atoms with E-state index in [1.54, 1.807) is 0 Å². The monoisotopic (exact) mass is 202 g/mol. The van der Waals surface area contributed by atoms with Gasteiger partial charge < -0.3 is 10.2 Å². The Morgan fingerprint density at radius 3 is 2.14 bits per heavy atom. The zero-order valence-corrected chi connectivity index (χ0v) is 9.92. The second-order valence-corrected chi connectivity index (χ2v) is 4.71. The minimum absolute atomic E-state index is 0.491. The molecule has 1 unspecified atom stereocenters. The van der Waals surface area contributed by atoms with Crippen LogP contribution < -0.4 is 0 Å². The highest BCUT2D eigenvalue weighted by atomic mass is 16.5. The molecule has 0 aromatic carbocycles. The van der Waals surface area contributed by atoms with E-state index in [1.165, 1.54) is 32.6 Å². The van der Waals surface area contributed by atoms with E-state index in [-0.39, 0.29) is 0 Å². The highest BCUT2D eigenvalue weighted by Gasteiger charge is 2.14. The van der Waals surface area contributed by atoms with Crippen molar-refractivity contribution in [2.75, 3.05) is 0 Å². The third kappa shape index (κ3) is 10.0. The first kappa shape index (κ1) is 13.9. The number of hydrogen-bond donors (Lipinski definition) is 2. The molecule has 0 aliphatic carbocycles. The van der Waals surface area contributed by atoms with Crippen LogP contribution in [0, 0.1) is 5.92 Å². The first-order valence-corrected chi connectivity index (χ1v) is 5.90. The fourth-order valence-corrected chi connectivity index (χ4v) is 1.67. The summed E-state index contributed by atoms with van der Waals surface area (Å²) in [4.78, 5) is 0. The molecule has 0 rings (SSSR count). The van der Waals surface area contributed by atoms with E-state index < -0.39 is 5.79 Å². The molecule has 86 valence electrons. The standard InChI is InChI=1S/C12H26O2/c1-4-5-6-8-11(2)9-7-10-12(3,13)14/h11,13-14H,4-10H2,1-3H3. The summed E-state index contributed by atoms with van der Waals surface area (Å²) in [7, 11) is 0. The minimum atomic E-state index is -1.47. The van der Waals surface area contributed by atoms with Gasteiger partial charge in [0.15, 0.2) is 5.79 Å². The SMILES string of the molecule is CCCCCC(C)CCCC(C)(O)O. The Balaban J connectivity index is 3.31. The summed E-state index contributed by atoms with van der Waals surface area (Å²) in [6, 6.07) is 0. The molecular weight excluding hydrogens is 176 g/mol. The van der Waals surface area contributed by atoms with Gasteiger partial charge in [-0.25, -0.2) is 0 Å². The van der Waals surface area contributed by atoms with Crippen LogP contribution in [0.15, 0.2) is 0 Å². The Kier molecular flexibility index (Phi) is 7.20.